The largest absolute Gasteiger partial charge is 0.759 e. The highest BCUT2D eigenvalue weighted by molar-refractivity contribution is 6.59. The van der Waals surface area contributed by atoms with E-state index < -0.39 is 8.80 Å². The third-order valence-corrected chi connectivity index (χ3v) is 5.43. The van der Waals surface area contributed by atoms with Crippen LogP contribution >= 0.6 is 0 Å². The zero-order chi connectivity index (χ0) is 21.2. The molecule has 0 rings (SSSR count). The number of oxime groups is 3. The third-order valence-electron chi connectivity index (χ3n) is 4.16. The summed E-state index contributed by atoms with van der Waals surface area (Å²) in [6, 6.07) is 0. The van der Waals surface area contributed by atoms with Gasteiger partial charge in [0.2, 0.25) is 0 Å². The van der Waals surface area contributed by atoms with Gasteiger partial charge in [-0.25, -0.2) is 0 Å². The van der Waals surface area contributed by atoms with Crippen molar-refractivity contribution in [3.8, 4) is 0 Å². The van der Waals surface area contributed by atoms with Crippen molar-refractivity contribution in [2.75, 3.05) is 0 Å². The molecule has 0 saturated carbocycles. The fourth-order valence-electron chi connectivity index (χ4n) is 2.35. The SMILES string of the molecule is C/C(CC(C)C)=N/O[Si](C)(O/N=C(\C)CC(C)C)O/N=C(\C)C(C)C(C)C. The Morgan fingerprint density at radius 1 is 0.704 bits per heavy atom. The van der Waals surface area contributed by atoms with Crippen molar-refractivity contribution >= 4 is 25.9 Å². The first-order valence-corrected chi connectivity index (χ1v) is 12.2. The highest BCUT2D eigenvalue weighted by Gasteiger charge is 2.45. The van der Waals surface area contributed by atoms with E-state index in [0.29, 0.717) is 23.7 Å². The van der Waals surface area contributed by atoms with Crippen molar-refractivity contribution in [1.82, 2.24) is 0 Å². The van der Waals surface area contributed by atoms with Crippen molar-refractivity contribution in [3.05, 3.63) is 0 Å². The second-order valence-electron chi connectivity index (χ2n) is 8.75. The van der Waals surface area contributed by atoms with Gasteiger partial charge in [-0.3, -0.25) is 0 Å². The Kier molecular flexibility index (Phi) is 11.5. The maximum atomic E-state index is 5.74. The minimum absolute atomic E-state index is 0.306. The van der Waals surface area contributed by atoms with Crippen LogP contribution in [0.25, 0.3) is 0 Å². The lowest BCUT2D eigenvalue weighted by Gasteiger charge is -2.21. The van der Waals surface area contributed by atoms with Crippen LogP contribution in [0.3, 0.4) is 0 Å². The molecule has 0 fully saturated rings. The molecule has 0 N–H and O–H groups in total. The average Bonchev–Trinajstić information content (AvgIpc) is 2.54. The maximum Gasteiger partial charge on any atom is 0.759 e. The molecule has 27 heavy (non-hydrogen) atoms. The molecular weight excluding hydrogens is 358 g/mol. The molecule has 0 heterocycles. The van der Waals surface area contributed by atoms with Crippen LogP contribution in [0.4, 0.5) is 0 Å². The quantitative estimate of drug-likeness (QED) is 0.226. The van der Waals surface area contributed by atoms with Gasteiger partial charge in [-0.2, -0.15) is 0 Å². The van der Waals surface area contributed by atoms with Gasteiger partial charge in [-0.15, -0.1) is 15.5 Å². The van der Waals surface area contributed by atoms with E-state index in [1.807, 2.05) is 20.8 Å². The van der Waals surface area contributed by atoms with E-state index in [9.17, 15) is 0 Å². The first-order chi connectivity index (χ1) is 12.4. The van der Waals surface area contributed by atoms with Crippen molar-refractivity contribution in [1.29, 1.82) is 0 Å². The highest BCUT2D eigenvalue weighted by Crippen LogP contribution is 2.17. The van der Waals surface area contributed by atoms with Crippen LogP contribution in [0.1, 0.15) is 82.1 Å². The molecule has 0 saturated heterocycles. The van der Waals surface area contributed by atoms with E-state index >= 15 is 0 Å². The summed E-state index contributed by atoms with van der Waals surface area (Å²) in [6.45, 7) is 22.6. The van der Waals surface area contributed by atoms with Gasteiger partial charge >= 0.3 is 8.80 Å². The van der Waals surface area contributed by atoms with Gasteiger partial charge in [0.15, 0.2) is 0 Å². The zero-order valence-corrected chi connectivity index (χ0v) is 20.3. The Bertz CT molecular complexity index is 501. The lowest BCUT2D eigenvalue weighted by molar-refractivity contribution is 0.0717. The first kappa shape index (κ1) is 25.6. The Hall–Kier alpha value is -1.37. The van der Waals surface area contributed by atoms with Crippen molar-refractivity contribution in [3.63, 3.8) is 0 Å². The van der Waals surface area contributed by atoms with Crippen LogP contribution in [0.5, 0.6) is 0 Å². The van der Waals surface area contributed by atoms with E-state index in [4.69, 9.17) is 13.6 Å². The number of rotatable bonds is 12. The van der Waals surface area contributed by atoms with Gasteiger partial charge in [-0.1, -0.05) is 48.5 Å². The Balaban J connectivity index is 5.32. The molecule has 0 bridgehead atoms. The van der Waals surface area contributed by atoms with E-state index in [2.05, 4.69) is 63.9 Å². The second kappa shape index (κ2) is 12.2. The lowest BCUT2D eigenvalue weighted by Crippen LogP contribution is -2.39. The van der Waals surface area contributed by atoms with Crippen LogP contribution in [0.2, 0.25) is 6.55 Å². The fraction of sp³-hybridized carbons (Fsp3) is 0.850. The highest BCUT2D eigenvalue weighted by atomic mass is 28.4. The van der Waals surface area contributed by atoms with Crippen LogP contribution in [0, 0.1) is 23.7 Å². The Morgan fingerprint density at radius 3 is 1.41 bits per heavy atom. The summed E-state index contributed by atoms with van der Waals surface area (Å²) in [5.74, 6) is 1.79. The van der Waals surface area contributed by atoms with Crippen LogP contribution in [0.15, 0.2) is 15.5 Å². The molecule has 0 aromatic rings. The van der Waals surface area contributed by atoms with Gasteiger partial charge < -0.3 is 13.6 Å². The summed E-state index contributed by atoms with van der Waals surface area (Å²) in [4.78, 5) is 0. The van der Waals surface area contributed by atoms with Gasteiger partial charge in [-0.05, 0) is 57.3 Å². The molecule has 0 radical (unpaired) electrons. The molecule has 0 aliphatic carbocycles. The minimum atomic E-state index is -3.18. The molecule has 0 amide bonds. The monoisotopic (exact) mass is 399 g/mol. The fourth-order valence-corrected chi connectivity index (χ4v) is 3.40. The summed E-state index contributed by atoms with van der Waals surface area (Å²) in [5.41, 5.74) is 2.70. The van der Waals surface area contributed by atoms with E-state index in [0.717, 1.165) is 30.0 Å². The summed E-state index contributed by atoms with van der Waals surface area (Å²) < 4.78 is 17.2. The molecule has 6 nitrogen and oxygen atoms in total. The summed E-state index contributed by atoms with van der Waals surface area (Å²) >= 11 is 0. The molecule has 2 unspecified atom stereocenters. The Morgan fingerprint density at radius 2 is 1.07 bits per heavy atom. The second-order valence-corrected chi connectivity index (χ2v) is 11.0. The summed E-state index contributed by atoms with van der Waals surface area (Å²) in [7, 11) is -3.18. The van der Waals surface area contributed by atoms with Crippen LogP contribution in [-0.2, 0) is 13.6 Å². The molecule has 0 aromatic heterocycles. The molecule has 158 valence electrons. The van der Waals surface area contributed by atoms with Crippen molar-refractivity contribution in [2.24, 2.45) is 39.1 Å². The zero-order valence-electron chi connectivity index (χ0n) is 19.3. The topological polar surface area (TPSA) is 64.8 Å². The molecule has 0 spiro atoms. The van der Waals surface area contributed by atoms with Crippen molar-refractivity contribution < 1.29 is 13.6 Å². The first-order valence-electron chi connectivity index (χ1n) is 10.0. The average molecular weight is 400 g/mol. The van der Waals surface area contributed by atoms with Gasteiger partial charge in [0.1, 0.15) is 0 Å². The standard InChI is InChI=1S/C20H41N3O3Si/c1-14(2)12-17(7)21-24-27(11,25-22-18(8)13-15(3)4)26-23-20(10)19(9)16(5)6/h14-16,19H,12-13H2,1-11H3/b21-17-,22-18+,23-20+. The van der Waals surface area contributed by atoms with Gasteiger partial charge in [0.05, 0.1) is 17.1 Å². The van der Waals surface area contributed by atoms with Crippen LogP contribution in [-0.4, -0.2) is 25.9 Å². The molecule has 0 aliphatic heterocycles. The molecule has 2 atom stereocenters. The summed E-state index contributed by atoms with van der Waals surface area (Å²) in [6.07, 6.45) is 1.71. The maximum absolute atomic E-state index is 5.74. The lowest BCUT2D eigenvalue weighted by atomic mass is 9.94. The number of hydrogen-bond donors (Lipinski definition) is 0. The van der Waals surface area contributed by atoms with Gasteiger partial charge in [0, 0.05) is 6.55 Å². The summed E-state index contributed by atoms with van der Waals surface area (Å²) in [5, 5.41) is 12.7. The number of hydrogen-bond acceptors (Lipinski definition) is 6. The molecular formula is C20H41N3O3Si. The Labute approximate surface area is 167 Å². The van der Waals surface area contributed by atoms with Crippen molar-refractivity contribution in [2.45, 2.75) is 88.6 Å². The van der Waals surface area contributed by atoms with E-state index in [-0.39, 0.29) is 0 Å². The molecule has 0 aromatic carbocycles. The predicted octanol–water partition coefficient (Wildman–Crippen LogP) is 6.12. The van der Waals surface area contributed by atoms with E-state index in [1.54, 1.807) is 6.55 Å². The van der Waals surface area contributed by atoms with E-state index in [1.165, 1.54) is 0 Å². The van der Waals surface area contributed by atoms with Gasteiger partial charge in [0.25, 0.3) is 0 Å². The normalized spacial score (nSPS) is 17.3. The third kappa shape index (κ3) is 11.8. The molecule has 0 aliphatic rings. The predicted molar refractivity (Wildman–Crippen MR) is 117 cm³/mol. The number of nitrogens with zero attached hydrogens (tertiary/aromatic N) is 3. The minimum Gasteiger partial charge on any atom is -0.373 e. The smallest absolute Gasteiger partial charge is 0.373 e. The van der Waals surface area contributed by atoms with Crippen LogP contribution < -0.4 is 0 Å². The molecule has 7 heteroatoms.